The van der Waals surface area contributed by atoms with Crippen LogP contribution >= 0.6 is 22.6 Å². The van der Waals surface area contributed by atoms with Crippen molar-refractivity contribution in [3.8, 4) is 0 Å². The minimum absolute atomic E-state index is 0.338. The van der Waals surface area contributed by atoms with Crippen LogP contribution in [0.25, 0.3) is 0 Å². The van der Waals surface area contributed by atoms with Crippen LogP contribution in [0.5, 0.6) is 0 Å². The Kier molecular flexibility index (Phi) is 9.61. The van der Waals surface area contributed by atoms with Crippen LogP contribution in [0.1, 0.15) is 32.1 Å². The SMILES string of the molecule is O=S([O-])CCCCCCCI. The molecule has 0 aromatic heterocycles. The number of hydrogen-bond donors (Lipinski definition) is 0. The summed E-state index contributed by atoms with van der Waals surface area (Å²) in [5.41, 5.74) is 0. The van der Waals surface area contributed by atoms with Crippen LogP contribution in [0.2, 0.25) is 0 Å². The predicted octanol–water partition coefficient (Wildman–Crippen LogP) is 2.25. The fourth-order valence-corrected chi connectivity index (χ4v) is 1.82. The first-order chi connectivity index (χ1) is 5.27. The molecule has 0 rings (SSSR count). The van der Waals surface area contributed by atoms with E-state index in [0.29, 0.717) is 5.75 Å². The standard InChI is InChI=1S/C7H15IO2S/c8-6-4-2-1-3-5-7-11(9)10/h1-7H2,(H,9,10)/p-1. The van der Waals surface area contributed by atoms with Gasteiger partial charge >= 0.3 is 0 Å². The molecule has 11 heavy (non-hydrogen) atoms. The quantitative estimate of drug-likeness (QED) is 0.312. The number of halogens is 1. The van der Waals surface area contributed by atoms with E-state index in [2.05, 4.69) is 22.6 Å². The van der Waals surface area contributed by atoms with Gasteiger partial charge < -0.3 is 4.55 Å². The summed E-state index contributed by atoms with van der Waals surface area (Å²) in [6, 6.07) is 0. The first-order valence-corrected chi connectivity index (χ1v) is 6.66. The summed E-state index contributed by atoms with van der Waals surface area (Å²) in [6.07, 6.45) is 5.58. The third-order valence-electron chi connectivity index (χ3n) is 1.44. The Morgan fingerprint density at radius 3 is 2.18 bits per heavy atom. The van der Waals surface area contributed by atoms with E-state index in [0.717, 1.165) is 12.8 Å². The molecule has 0 heterocycles. The Balaban J connectivity index is 2.85. The highest BCUT2D eigenvalue weighted by Crippen LogP contribution is 2.04. The van der Waals surface area contributed by atoms with Gasteiger partial charge in [-0.15, -0.1) is 0 Å². The number of rotatable bonds is 7. The molecule has 0 spiro atoms. The third-order valence-corrected chi connectivity index (χ3v) is 2.83. The molecule has 0 amide bonds. The second kappa shape index (κ2) is 8.93. The van der Waals surface area contributed by atoms with E-state index in [-0.39, 0.29) is 0 Å². The number of unbranched alkanes of at least 4 members (excludes halogenated alkanes) is 4. The van der Waals surface area contributed by atoms with Crippen molar-refractivity contribution < 1.29 is 8.76 Å². The molecule has 2 nitrogen and oxygen atoms in total. The topological polar surface area (TPSA) is 40.1 Å². The zero-order valence-electron chi connectivity index (χ0n) is 6.55. The minimum Gasteiger partial charge on any atom is -0.772 e. The molecule has 0 fully saturated rings. The first kappa shape index (κ1) is 11.8. The van der Waals surface area contributed by atoms with Crippen molar-refractivity contribution in [1.82, 2.24) is 0 Å². The fraction of sp³-hybridized carbons (Fsp3) is 1.00. The Morgan fingerprint density at radius 1 is 1.09 bits per heavy atom. The molecular formula is C7H14IO2S-. The van der Waals surface area contributed by atoms with Crippen molar-refractivity contribution in [2.45, 2.75) is 32.1 Å². The molecule has 0 aliphatic carbocycles. The van der Waals surface area contributed by atoms with Gasteiger partial charge in [0.25, 0.3) is 0 Å². The van der Waals surface area contributed by atoms with Crippen molar-refractivity contribution in [3.05, 3.63) is 0 Å². The van der Waals surface area contributed by atoms with Crippen molar-refractivity contribution >= 4 is 33.7 Å². The first-order valence-electron chi connectivity index (χ1n) is 3.89. The van der Waals surface area contributed by atoms with Crippen LogP contribution in [0.4, 0.5) is 0 Å². The summed E-state index contributed by atoms with van der Waals surface area (Å²) in [5.74, 6) is 0.338. The highest BCUT2D eigenvalue weighted by molar-refractivity contribution is 14.1. The lowest BCUT2D eigenvalue weighted by atomic mass is 10.2. The fourth-order valence-electron chi connectivity index (χ4n) is 0.845. The largest absolute Gasteiger partial charge is 0.772 e. The Bertz CT molecular complexity index is 109. The highest BCUT2D eigenvalue weighted by Gasteiger charge is 1.89. The molecule has 0 saturated heterocycles. The molecule has 68 valence electrons. The third kappa shape index (κ3) is 10.8. The van der Waals surface area contributed by atoms with Gasteiger partial charge in [0.2, 0.25) is 0 Å². The van der Waals surface area contributed by atoms with E-state index in [1.54, 1.807) is 0 Å². The van der Waals surface area contributed by atoms with Crippen LogP contribution in [-0.2, 0) is 11.1 Å². The lowest BCUT2D eigenvalue weighted by molar-refractivity contribution is 0.532. The van der Waals surface area contributed by atoms with Crippen molar-refractivity contribution in [2.75, 3.05) is 10.2 Å². The van der Waals surface area contributed by atoms with Crippen LogP contribution < -0.4 is 0 Å². The maximum absolute atomic E-state index is 10.1. The highest BCUT2D eigenvalue weighted by atomic mass is 127. The van der Waals surface area contributed by atoms with E-state index in [4.69, 9.17) is 0 Å². The van der Waals surface area contributed by atoms with Gasteiger partial charge in [-0.3, -0.25) is 4.21 Å². The monoisotopic (exact) mass is 289 g/mol. The summed E-state index contributed by atoms with van der Waals surface area (Å²) in [5, 5.41) is 0. The zero-order valence-corrected chi connectivity index (χ0v) is 9.53. The lowest BCUT2D eigenvalue weighted by Crippen LogP contribution is -1.94. The second-order valence-corrected chi connectivity index (χ2v) is 4.56. The van der Waals surface area contributed by atoms with Crippen molar-refractivity contribution in [1.29, 1.82) is 0 Å². The minimum atomic E-state index is -1.82. The van der Waals surface area contributed by atoms with Gasteiger partial charge in [-0.25, -0.2) is 0 Å². The average molecular weight is 289 g/mol. The van der Waals surface area contributed by atoms with Crippen LogP contribution in [-0.4, -0.2) is 18.9 Å². The summed E-state index contributed by atoms with van der Waals surface area (Å²) in [7, 11) is 0. The smallest absolute Gasteiger partial charge is 0.0102 e. The molecule has 0 aliphatic rings. The van der Waals surface area contributed by atoms with Gasteiger partial charge in [-0.1, -0.05) is 52.9 Å². The molecule has 0 bridgehead atoms. The molecule has 1 atom stereocenters. The number of hydrogen-bond acceptors (Lipinski definition) is 2. The van der Waals surface area contributed by atoms with Crippen molar-refractivity contribution in [3.63, 3.8) is 0 Å². The molecule has 1 unspecified atom stereocenters. The Labute approximate surface area is 84.6 Å². The normalized spacial score (nSPS) is 13.3. The van der Waals surface area contributed by atoms with Gasteiger partial charge in [0.1, 0.15) is 0 Å². The van der Waals surface area contributed by atoms with Gasteiger partial charge in [0, 0.05) is 5.75 Å². The summed E-state index contributed by atoms with van der Waals surface area (Å²) in [6.45, 7) is 0. The van der Waals surface area contributed by atoms with E-state index in [1.807, 2.05) is 0 Å². The van der Waals surface area contributed by atoms with Gasteiger partial charge in [0.15, 0.2) is 0 Å². The van der Waals surface area contributed by atoms with Gasteiger partial charge in [0.05, 0.1) is 0 Å². The van der Waals surface area contributed by atoms with E-state index in [1.165, 1.54) is 23.7 Å². The molecule has 0 aliphatic heterocycles. The van der Waals surface area contributed by atoms with Crippen LogP contribution in [0.3, 0.4) is 0 Å². The Hall–Kier alpha value is 0.840. The summed E-state index contributed by atoms with van der Waals surface area (Å²) < 4.78 is 21.4. The van der Waals surface area contributed by atoms with E-state index >= 15 is 0 Å². The Morgan fingerprint density at radius 2 is 1.64 bits per heavy atom. The molecular weight excluding hydrogens is 275 g/mol. The van der Waals surface area contributed by atoms with Gasteiger partial charge in [-0.2, -0.15) is 0 Å². The molecule has 0 radical (unpaired) electrons. The maximum Gasteiger partial charge on any atom is 0.0102 e. The number of alkyl halides is 1. The van der Waals surface area contributed by atoms with E-state index < -0.39 is 11.1 Å². The molecule has 0 saturated carbocycles. The second-order valence-electron chi connectivity index (χ2n) is 2.46. The van der Waals surface area contributed by atoms with Crippen LogP contribution in [0.15, 0.2) is 0 Å². The molecule has 0 N–H and O–H groups in total. The predicted molar refractivity (Wildman–Crippen MR) is 55.8 cm³/mol. The van der Waals surface area contributed by atoms with E-state index in [9.17, 15) is 8.76 Å². The zero-order chi connectivity index (χ0) is 8.53. The average Bonchev–Trinajstić information content (AvgIpc) is 1.96. The van der Waals surface area contributed by atoms with Gasteiger partial charge in [-0.05, 0) is 17.3 Å². The molecule has 0 aromatic rings. The van der Waals surface area contributed by atoms with Crippen molar-refractivity contribution in [2.24, 2.45) is 0 Å². The maximum atomic E-state index is 10.1. The lowest BCUT2D eigenvalue weighted by Gasteiger charge is -2.03. The summed E-state index contributed by atoms with van der Waals surface area (Å²) in [4.78, 5) is 0. The molecule has 4 heteroatoms. The summed E-state index contributed by atoms with van der Waals surface area (Å²) >= 11 is 0.536. The van der Waals surface area contributed by atoms with Crippen LogP contribution in [0, 0.1) is 0 Å². The molecule has 0 aromatic carbocycles.